The molecule has 0 amide bonds. The number of ether oxygens (including phenoxy) is 1. The molecule has 3 nitrogen and oxygen atoms in total. The number of nitrogens with two attached hydrogens (primary N) is 1. The van der Waals surface area contributed by atoms with Crippen LogP contribution in [0, 0.1) is 0 Å². The number of aryl methyl sites for hydroxylation is 1. The van der Waals surface area contributed by atoms with Crippen molar-refractivity contribution in [2.24, 2.45) is 5.73 Å². The van der Waals surface area contributed by atoms with Crippen molar-refractivity contribution < 1.29 is 4.74 Å². The standard InChI is InChI=1S/C18H22N2O/c1-18(19,12-13-5-8-15(21-2)9-6-13)16-10-7-14-4-3-11-20-17(14)16/h3-6,8-9,11,16H,7,10,12,19H2,1-2H3. The Hall–Kier alpha value is -1.87. The van der Waals surface area contributed by atoms with Gasteiger partial charge >= 0.3 is 0 Å². The van der Waals surface area contributed by atoms with E-state index in [1.165, 1.54) is 16.8 Å². The zero-order valence-corrected chi connectivity index (χ0v) is 12.7. The maximum Gasteiger partial charge on any atom is 0.118 e. The van der Waals surface area contributed by atoms with Crippen LogP contribution < -0.4 is 10.5 Å². The smallest absolute Gasteiger partial charge is 0.118 e. The summed E-state index contributed by atoms with van der Waals surface area (Å²) in [5, 5.41) is 0. The maximum atomic E-state index is 6.67. The van der Waals surface area contributed by atoms with Crippen molar-refractivity contribution in [1.29, 1.82) is 0 Å². The molecule has 2 atom stereocenters. The number of benzene rings is 1. The second kappa shape index (κ2) is 5.49. The Kier molecular flexibility index (Phi) is 3.68. The van der Waals surface area contributed by atoms with Gasteiger partial charge in [0.25, 0.3) is 0 Å². The van der Waals surface area contributed by atoms with Gasteiger partial charge in [0.15, 0.2) is 0 Å². The number of pyridine rings is 1. The molecule has 3 heteroatoms. The second-order valence-electron chi connectivity index (χ2n) is 6.17. The third-order valence-corrected chi connectivity index (χ3v) is 4.50. The SMILES string of the molecule is COc1ccc(CC(C)(N)C2CCc3cccnc32)cc1. The van der Waals surface area contributed by atoms with E-state index >= 15 is 0 Å². The van der Waals surface area contributed by atoms with Crippen LogP contribution in [-0.4, -0.2) is 17.6 Å². The Balaban J connectivity index is 1.80. The molecule has 2 aromatic rings. The number of methoxy groups -OCH3 is 1. The molecule has 2 unspecified atom stereocenters. The number of nitrogens with zero attached hydrogens (tertiary/aromatic N) is 1. The summed E-state index contributed by atoms with van der Waals surface area (Å²) < 4.78 is 5.20. The quantitative estimate of drug-likeness (QED) is 0.937. The van der Waals surface area contributed by atoms with Gasteiger partial charge in [-0.2, -0.15) is 0 Å². The summed E-state index contributed by atoms with van der Waals surface area (Å²) in [6, 6.07) is 12.4. The summed E-state index contributed by atoms with van der Waals surface area (Å²) in [5.41, 5.74) is 10.2. The summed E-state index contributed by atoms with van der Waals surface area (Å²) in [4.78, 5) is 4.58. The lowest BCUT2D eigenvalue weighted by atomic mass is 9.80. The molecule has 1 aromatic heterocycles. The Morgan fingerprint density at radius 1 is 1.29 bits per heavy atom. The molecule has 1 heterocycles. The first-order chi connectivity index (χ1) is 10.1. The van der Waals surface area contributed by atoms with E-state index < -0.39 is 0 Å². The molecule has 0 saturated carbocycles. The van der Waals surface area contributed by atoms with E-state index in [1.807, 2.05) is 24.4 Å². The highest BCUT2D eigenvalue weighted by molar-refractivity contribution is 5.34. The van der Waals surface area contributed by atoms with Crippen molar-refractivity contribution in [2.45, 2.75) is 37.6 Å². The predicted octanol–water partition coefficient (Wildman–Crippen LogP) is 3.08. The summed E-state index contributed by atoms with van der Waals surface area (Å²) in [7, 11) is 1.68. The molecule has 1 aromatic carbocycles. The first kappa shape index (κ1) is 14.1. The van der Waals surface area contributed by atoms with Crippen LogP contribution in [0.1, 0.15) is 36.1 Å². The maximum absolute atomic E-state index is 6.67. The van der Waals surface area contributed by atoms with Crippen LogP contribution in [0.3, 0.4) is 0 Å². The van der Waals surface area contributed by atoms with Gasteiger partial charge in [0.05, 0.1) is 7.11 Å². The van der Waals surface area contributed by atoms with E-state index in [-0.39, 0.29) is 5.54 Å². The van der Waals surface area contributed by atoms with Crippen LogP contribution in [0.15, 0.2) is 42.6 Å². The van der Waals surface area contributed by atoms with E-state index in [4.69, 9.17) is 10.5 Å². The normalized spacial score (nSPS) is 19.9. The summed E-state index contributed by atoms with van der Waals surface area (Å²) in [5.74, 6) is 1.21. The largest absolute Gasteiger partial charge is 0.497 e. The lowest BCUT2D eigenvalue weighted by Crippen LogP contribution is -2.44. The molecular formula is C18H22N2O. The van der Waals surface area contributed by atoms with E-state index in [9.17, 15) is 0 Å². The van der Waals surface area contributed by atoms with Gasteiger partial charge in [-0.05, 0) is 55.5 Å². The van der Waals surface area contributed by atoms with E-state index in [0.29, 0.717) is 5.92 Å². The van der Waals surface area contributed by atoms with E-state index in [2.05, 4.69) is 30.1 Å². The van der Waals surface area contributed by atoms with Crippen LogP contribution >= 0.6 is 0 Å². The van der Waals surface area contributed by atoms with Gasteiger partial charge in [0.2, 0.25) is 0 Å². The van der Waals surface area contributed by atoms with Crippen molar-refractivity contribution in [1.82, 2.24) is 4.98 Å². The fraction of sp³-hybridized carbons (Fsp3) is 0.389. The van der Waals surface area contributed by atoms with Gasteiger partial charge in [-0.15, -0.1) is 0 Å². The monoisotopic (exact) mass is 282 g/mol. The van der Waals surface area contributed by atoms with Crippen LogP contribution in [0.5, 0.6) is 5.75 Å². The Morgan fingerprint density at radius 2 is 2.05 bits per heavy atom. The molecule has 0 fully saturated rings. The van der Waals surface area contributed by atoms with Crippen LogP contribution in [0.2, 0.25) is 0 Å². The van der Waals surface area contributed by atoms with Crippen LogP contribution in [-0.2, 0) is 12.8 Å². The van der Waals surface area contributed by atoms with Gasteiger partial charge in [0.1, 0.15) is 5.75 Å². The highest BCUT2D eigenvalue weighted by atomic mass is 16.5. The van der Waals surface area contributed by atoms with Gasteiger partial charge in [-0.3, -0.25) is 4.98 Å². The summed E-state index contributed by atoms with van der Waals surface area (Å²) in [6.07, 6.45) is 4.90. The highest BCUT2D eigenvalue weighted by Crippen LogP contribution is 2.39. The van der Waals surface area contributed by atoms with Crippen LogP contribution in [0.25, 0.3) is 0 Å². The number of hydrogen-bond donors (Lipinski definition) is 1. The Morgan fingerprint density at radius 3 is 2.76 bits per heavy atom. The zero-order valence-electron chi connectivity index (χ0n) is 12.7. The van der Waals surface area contributed by atoms with Gasteiger partial charge in [0, 0.05) is 23.3 Å². The molecule has 2 N–H and O–H groups in total. The molecule has 110 valence electrons. The minimum atomic E-state index is -0.284. The molecule has 0 saturated heterocycles. The fourth-order valence-electron chi connectivity index (χ4n) is 3.36. The third kappa shape index (κ3) is 2.79. The molecule has 0 bridgehead atoms. The molecule has 0 spiro atoms. The molecular weight excluding hydrogens is 260 g/mol. The summed E-state index contributed by atoms with van der Waals surface area (Å²) >= 11 is 0. The van der Waals surface area contributed by atoms with Crippen molar-refractivity contribution in [3.63, 3.8) is 0 Å². The number of fused-ring (bicyclic) bond motifs is 1. The number of aromatic nitrogens is 1. The van der Waals surface area contributed by atoms with Gasteiger partial charge in [-0.25, -0.2) is 0 Å². The molecule has 3 rings (SSSR count). The van der Waals surface area contributed by atoms with Crippen LogP contribution in [0.4, 0.5) is 0 Å². The summed E-state index contributed by atoms with van der Waals surface area (Å²) in [6.45, 7) is 2.14. The van der Waals surface area contributed by atoms with Gasteiger partial charge < -0.3 is 10.5 Å². The highest BCUT2D eigenvalue weighted by Gasteiger charge is 2.37. The first-order valence-corrected chi connectivity index (χ1v) is 7.46. The van der Waals surface area contributed by atoms with Crippen molar-refractivity contribution in [3.8, 4) is 5.75 Å². The Labute approximate surface area is 126 Å². The topological polar surface area (TPSA) is 48.1 Å². The molecule has 0 radical (unpaired) electrons. The Bertz CT molecular complexity index is 619. The van der Waals surface area contributed by atoms with E-state index in [0.717, 1.165) is 25.0 Å². The predicted molar refractivity (Wildman–Crippen MR) is 84.6 cm³/mol. The minimum Gasteiger partial charge on any atom is -0.497 e. The zero-order chi connectivity index (χ0) is 14.9. The lowest BCUT2D eigenvalue weighted by molar-refractivity contribution is 0.365. The number of rotatable bonds is 4. The first-order valence-electron chi connectivity index (χ1n) is 7.46. The molecule has 0 aliphatic heterocycles. The van der Waals surface area contributed by atoms with Gasteiger partial charge in [-0.1, -0.05) is 18.2 Å². The lowest BCUT2D eigenvalue weighted by Gasteiger charge is -2.32. The molecule has 1 aliphatic rings. The number of hydrogen-bond acceptors (Lipinski definition) is 3. The molecule has 1 aliphatic carbocycles. The second-order valence-corrected chi connectivity index (χ2v) is 6.17. The molecule has 21 heavy (non-hydrogen) atoms. The third-order valence-electron chi connectivity index (χ3n) is 4.50. The van der Waals surface area contributed by atoms with Crippen molar-refractivity contribution >= 4 is 0 Å². The fourth-order valence-corrected chi connectivity index (χ4v) is 3.36. The van der Waals surface area contributed by atoms with Crippen molar-refractivity contribution in [2.75, 3.05) is 7.11 Å². The van der Waals surface area contributed by atoms with E-state index in [1.54, 1.807) is 7.11 Å². The van der Waals surface area contributed by atoms with Crippen molar-refractivity contribution in [3.05, 3.63) is 59.4 Å². The average molecular weight is 282 g/mol. The average Bonchev–Trinajstić information content (AvgIpc) is 2.92. The minimum absolute atomic E-state index is 0.284.